The first-order valence-electron chi connectivity index (χ1n) is 15.8. The minimum atomic E-state index is -1.26. The van der Waals surface area contributed by atoms with Gasteiger partial charge in [-0.05, 0) is 68.6 Å². The van der Waals surface area contributed by atoms with Crippen LogP contribution in [0.5, 0.6) is 11.5 Å². The molecule has 1 rings (SSSR count). The van der Waals surface area contributed by atoms with Crippen LogP contribution in [0.4, 0.5) is 0 Å². The molecule has 1 aromatic rings. The topological polar surface area (TPSA) is 221 Å². The predicted octanol–water partition coefficient (Wildman–Crippen LogP) is 3.01. The average molecular weight is 668 g/mol. The number of amides is 2. The number of hydrogen-bond donors (Lipinski definition) is 6. The van der Waals surface area contributed by atoms with Crippen LogP contribution in [-0.4, -0.2) is 85.2 Å². The lowest BCUT2D eigenvalue weighted by Crippen LogP contribution is -2.46. The van der Waals surface area contributed by atoms with Crippen LogP contribution in [0.25, 0.3) is 0 Å². The molecule has 0 aliphatic carbocycles. The number of methoxy groups -OCH3 is 2. The summed E-state index contributed by atoms with van der Waals surface area (Å²) < 4.78 is 16.5. The fourth-order valence-electron chi connectivity index (χ4n) is 4.53. The van der Waals surface area contributed by atoms with E-state index in [2.05, 4.69) is 19.2 Å². The van der Waals surface area contributed by atoms with Crippen molar-refractivity contribution in [2.24, 2.45) is 40.6 Å². The first kappa shape index (κ1) is 43.3. The van der Waals surface area contributed by atoms with E-state index in [1.807, 2.05) is 32.0 Å². The molecular weight excluding hydrogens is 610 g/mol. The molecule has 0 saturated heterocycles. The minimum Gasteiger partial charge on any atom is -0.493 e. The van der Waals surface area contributed by atoms with Crippen molar-refractivity contribution in [1.82, 2.24) is 5.32 Å². The molecule has 0 spiro atoms. The number of primary amides is 1. The maximum Gasteiger partial charge on any atom is 0.328 e. The normalized spacial score (nSPS) is 14.1. The maximum atomic E-state index is 12.9. The van der Waals surface area contributed by atoms with Crippen molar-refractivity contribution >= 4 is 23.8 Å². The van der Waals surface area contributed by atoms with Gasteiger partial charge in [-0.1, -0.05) is 33.8 Å². The number of carbonyl (C=O) groups excluding carboxylic acids is 2. The Morgan fingerprint density at radius 1 is 0.936 bits per heavy atom. The van der Waals surface area contributed by atoms with Crippen LogP contribution in [0.15, 0.2) is 30.4 Å². The molecule has 0 bridgehead atoms. The van der Waals surface area contributed by atoms with Crippen LogP contribution < -0.4 is 26.3 Å². The number of rotatable bonds is 21. The van der Waals surface area contributed by atoms with Gasteiger partial charge in [0.25, 0.3) is 0 Å². The fraction of sp³-hybridized carbons (Fsp3) is 0.647. The van der Waals surface area contributed by atoms with Crippen molar-refractivity contribution in [1.29, 1.82) is 0 Å². The molecule has 0 aromatic heterocycles. The van der Waals surface area contributed by atoms with Crippen LogP contribution in [0, 0.1) is 29.1 Å². The van der Waals surface area contributed by atoms with Crippen molar-refractivity contribution in [3.8, 4) is 11.5 Å². The third kappa shape index (κ3) is 17.7. The Balaban J connectivity index is 0.00000233. The third-order valence-electron chi connectivity index (χ3n) is 7.87. The minimum absolute atomic E-state index is 0.00829. The lowest BCUT2D eigenvalue weighted by atomic mass is 9.80. The van der Waals surface area contributed by atoms with Gasteiger partial charge in [-0.15, -0.1) is 0 Å². The Bertz CT molecular complexity index is 1140. The van der Waals surface area contributed by atoms with Crippen LogP contribution in [0.3, 0.4) is 0 Å². The van der Waals surface area contributed by atoms with Crippen LogP contribution >= 0.6 is 0 Å². The van der Waals surface area contributed by atoms with E-state index in [4.69, 9.17) is 35.9 Å². The maximum absolute atomic E-state index is 12.9. The van der Waals surface area contributed by atoms with E-state index in [-0.39, 0.29) is 30.7 Å². The van der Waals surface area contributed by atoms with Gasteiger partial charge in [0, 0.05) is 50.8 Å². The Morgan fingerprint density at radius 2 is 1.53 bits per heavy atom. The molecule has 0 heterocycles. The third-order valence-corrected chi connectivity index (χ3v) is 7.87. The summed E-state index contributed by atoms with van der Waals surface area (Å²) in [5.74, 6) is -1.72. The van der Waals surface area contributed by atoms with Crippen molar-refractivity contribution in [2.75, 3.05) is 34.0 Å². The number of hydrogen-bond acceptors (Lipinski definition) is 9. The first-order chi connectivity index (χ1) is 21.9. The van der Waals surface area contributed by atoms with Crippen LogP contribution in [-0.2, 0) is 30.3 Å². The van der Waals surface area contributed by atoms with Gasteiger partial charge in [0.15, 0.2) is 11.5 Å². The number of ether oxygens (including phenoxy) is 3. The zero-order valence-electron chi connectivity index (χ0n) is 29.2. The van der Waals surface area contributed by atoms with Crippen molar-refractivity contribution < 1.29 is 48.7 Å². The van der Waals surface area contributed by atoms with Gasteiger partial charge >= 0.3 is 11.9 Å². The molecule has 268 valence electrons. The summed E-state index contributed by atoms with van der Waals surface area (Å²) in [6.07, 6.45) is 2.68. The summed E-state index contributed by atoms with van der Waals surface area (Å²) in [6.45, 7) is 12.9. The highest BCUT2D eigenvalue weighted by Crippen LogP contribution is 2.32. The van der Waals surface area contributed by atoms with Gasteiger partial charge < -0.3 is 46.3 Å². The predicted molar refractivity (Wildman–Crippen MR) is 179 cm³/mol. The van der Waals surface area contributed by atoms with E-state index in [1.165, 1.54) is 0 Å². The standard InChI is InChI=1S/C30H53N3O6.C4H4O4/c1-19(2)22(14-21-10-11-26(38-8)27(15-21)39-13-9-12-37-7)16-24(31)25(34)17-23(20(3)4)28(35)33-18-30(5,6)29(32)36;5-3(6)1-2-4(7)8/h10-11,15,19-20,22-25,34H,9,12-14,16-18,31H2,1-8H3,(H2,32,36)(H,33,35);1-2H,(H,5,6)(H,7,8)/b;2-1+/t22-,23-,24-,25-;/m0./s1. The van der Waals surface area contributed by atoms with E-state index < -0.39 is 41.3 Å². The number of aliphatic carboxylic acids is 2. The summed E-state index contributed by atoms with van der Waals surface area (Å²) in [7, 11) is 3.29. The lowest BCUT2D eigenvalue weighted by Gasteiger charge is -2.30. The molecule has 1 aromatic carbocycles. The number of carboxylic acid groups (broad SMARTS) is 2. The molecule has 0 aliphatic rings. The monoisotopic (exact) mass is 667 g/mol. The lowest BCUT2D eigenvalue weighted by molar-refractivity contribution is -0.134. The Hall–Kier alpha value is -3.68. The summed E-state index contributed by atoms with van der Waals surface area (Å²) >= 11 is 0. The van der Waals surface area contributed by atoms with E-state index in [1.54, 1.807) is 28.1 Å². The van der Waals surface area contributed by atoms with E-state index >= 15 is 0 Å². The first-order valence-corrected chi connectivity index (χ1v) is 15.8. The van der Waals surface area contributed by atoms with Gasteiger partial charge in [-0.3, -0.25) is 9.59 Å². The number of carboxylic acids is 2. The molecule has 4 atom stereocenters. The number of aliphatic hydroxyl groups is 1. The molecule has 0 unspecified atom stereocenters. The second kappa shape index (κ2) is 22.0. The number of benzene rings is 1. The number of aliphatic hydroxyl groups excluding tert-OH is 1. The highest BCUT2D eigenvalue weighted by Gasteiger charge is 2.32. The van der Waals surface area contributed by atoms with Crippen molar-refractivity contribution in [2.45, 2.75) is 79.4 Å². The Kier molecular flexibility index (Phi) is 20.3. The van der Waals surface area contributed by atoms with Gasteiger partial charge in [-0.25, -0.2) is 9.59 Å². The molecular formula is C34H57N3O10. The highest BCUT2D eigenvalue weighted by molar-refractivity contribution is 5.89. The molecule has 0 radical (unpaired) electrons. The fourth-order valence-corrected chi connectivity index (χ4v) is 4.53. The number of carbonyl (C=O) groups is 4. The SMILES string of the molecule is COCCCOc1cc(C[C@@H](C[C@H](N)[C@@H](O)C[C@H](C(=O)NCC(C)(C)C(N)=O)C(C)C)C(C)C)ccc1OC.O=C(O)/C=C/C(=O)O. The molecule has 13 nitrogen and oxygen atoms in total. The summed E-state index contributed by atoms with van der Waals surface area (Å²) in [4.78, 5) is 43.7. The second-order valence-corrected chi connectivity index (χ2v) is 12.9. The number of nitrogens with two attached hydrogens (primary N) is 2. The Morgan fingerprint density at radius 3 is 2.00 bits per heavy atom. The molecule has 13 heteroatoms. The summed E-state index contributed by atoms with van der Waals surface area (Å²) in [6, 6.07) is 5.47. The zero-order valence-corrected chi connectivity index (χ0v) is 29.2. The molecule has 0 saturated carbocycles. The van der Waals surface area contributed by atoms with Gasteiger partial charge in [-0.2, -0.15) is 0 Å². The van der Waals surface area contributed by atoms with Gasteiger partial charge in [0.2, 0.25) is 11.8 Å². The van der Waals surface area contributed by atoms with E-state index in [0.29, 0.717) is 49.2 Å². The largest absolute Gasteiger partial charge is 0.493 e. The molecule has 47 heavy (non-hydrogen) atoms. The Labute approximate surface area is 279 Å². The van der Waals surface area contributed by atoms with Gasteiger partial charge in [0.1, 0.15) is 0 Å². The van der Waals surface area contributed by atoms with Crippen molar-refractivity contribution in [3.05, 3.63) is 35.9 Å². The second-order valence-electron chi connectivity index (χ2n) is 12.9. The molecule has 0 aliphatic heterocycles. The van der Waals surface area contributed by atoms with Gasteiger partial charge in [0.05, 0.1) is 25.2 Å². The molecule has 0 fully saturated rings. The smallest absolute Gasteiger partial charge is 0.328 e. The molecule has 8 N–H and O–H groups in total. The molecule has 2 amide bonds. The quantitative estimate of drug-likeness (QED) is 0.0826. The number of nitrogens with one attached hydrogen (secondary N) is 1. The van der Waals surface area contributed by atoms with Crippen molar-refractivity contribution in [3.63, 3.8) is 0 Å². The van der Waals surface area contributed by atoms with E-state index in [0.717, 1.165) is 18.4 Å². The summed E-state index contributed by atoms with van der Waals surface area (Å²) in [5, 5.41) is 29.5. The average Bonchev–Trinajstić information content (AvgIpc) is 2.99. The van der Waals surface area contributed by atoms with E-state index in [9.17, 15) is 24.3 Å². The highest BCUT2D eigenvalue weighted by atomic mass is 16.5. The zero-order chi connectivity index (χ0) is 36.3. The van der Waals surface area contributed by atoms with Crippen LogP contribution in [0.2, 0.25) is 0 Å². The summed E-state index contributed by atoms with van der Waals surface area (Å²) in [5.41, 5.74) is 12.2. The van der Waals surface area contributed by atoms with Crippen LogP contribution in [0.1, 0.15) is 66.4 Å².